The Hall–Kier alpha value is 0.500. The minimum atomic E-state index is -1.05. The molecule has 0 amide bonds. The van der Waals surface area contributed by atoms with Crippen molar-refractivity contribution < 1.29 is 3.63 Å². The summed E-state index contributed by atoms with van der Waals surface area (Å²) in [6.45, 7) is 3.92. The molecule has 0 aliphatic rings. The lowest BCUT2D eigenvalue weighted by Gasteiger charge is -2.44. The Morgan fingerprint density at radius 2 is 1.71 bits per heavy atom. The van der Waals surface area contributed by atoms with E-state index in [0.717, 1.165) is 50.8 Å². The van der Waals surface area contributed by atoms with E-state index in [1.807, 2.05) is 7.05 Å². The maximum Gasteiger partial charge on any atom is 0.0503 e. The second-order valence-electron chi connectivity index (χ2n) is 6.39. The highest BCUT2D eigenvalue weighted by Crippen LogP contribution is 2.57. The van der Waals surface area contributed by atoms with Crippen molar-refractivity contribution in [2.24, 2.45) is 5.73 Å². The summed E-state index contributed by atoms with van der Waals surface area (Å²) in [4.78, 5) is 2.35. The number of hydrogen-bond donors (Lipinski definition) is 3. The van der Waals surface area contributed by atoms with E-state index in [9.17, 15) is 0 Å². The molecule has 0 aromatic carbocycles. The van der Waals surface area contributed by atoms with Crippen LogP contribution in [0.5, 0.6) is 0 Å². The Kier molecular flexibility index (Phi) is 11.4. The largest absolute Gasteiger partial charge is 0.330 e. The molecule has 0 bridgehead atoms. The van der Waals surface area contributed by atoms with E-state index in [2.05, 4.69) is 47.6 Å². The van der Waals surface area contributed by atoms with Gasteiger partial charge in [0.15, 0.2) is 0 Å². The summed E-state index contributed by atoms with van der Waals surface area (Å²) in [5.41, 5.74) is 5.57. The van der Waals surface area contributed by atoms with Gasteiger partial charge in [0.25, 0.3) is 0 Å². The van der Waals surface area contributed by atoms with E-state index >= 15 is 0 Å². The third-order valence-corrected chi connectivity index (χ3v) is 7.78. The molecule has 132 valence electrons. The first-order valence-electron chi connectivity index (χ1n) is 7.59. The molecule has 7 heteroatoms. The van der Waals surface area contributed by atoms with Gasteiger partial charge in [-0.2, -0.15) is 0 Å². The average molecular weight is 343 g/mol. The van der Waals surface area contributed by atoms with Crippen molar-refractivity contribution in [1.82, 2.24) is 15.5 Å². The van der Waals surface area contributed by atoms with Crippen LogP contribution in [0.4, 0.5) is 0 Å². The number of nitrogens with zero attached hydrogens (tertiary/aromatic N) is 1. The van der Waals surface area contributed by atoms with Gasteiger partial charge in [0.2, 0.25) is 0 Å². The molecule has 0 aromatic heterocycles. The molecular weight excluding hydrogens is 304 g/mol. The molecule has 0 spiro atoms. The second kappa shape index (κ2) is 11.1. The SMILES string of the molecule is CNCCCNCS(C)(C)OS(C)(C)CN(C)CCCN. The Morgan fingerprint density at radius 1 is 1.05 bits per heavy atom. The smallest absolute Gasteiger partial charge is 0.0503 e. The Bertz CT molecular complexity index is 265. The fourth-order valence-corrected chi connectivity index (χ4v) is 8.39. The van der Waals surface area contributed by atoms with Crippen molar-refractivity contribution in [3.05, 3.63) is 0 Å². The first-order valence-corrected chi connectivity index (χ1v) is 12.7. The summed E-state index contributed by atoms with van der Waals surface area (Å²) in [5, 5.41) is 6.69. The van der Waals surface area contributed by atoms with Crippen molar-refractivity contribution in [1.29, 1.82) is 0 Å². The number of hydrogen-bond acceptors (Lipinski definition) is 5. The zero-order chi connectivity index (χ0) is 16.4. The molecule has 0 aliphatic carbocycles. The van der Waals surface area contributed by atoms with Crippen LogP contribution in [0.15, 0.2) is 0 Å². The molecule has 0 aromatic rings. The summed E-state index contributed by atoms with van der Waals surface area (Å²) in [5.74, 6) is 1.99. The number of nitrogens with two attached hydrogens (primary N) is 1. The molecule has 0 fully saturated rings. The van der Waals surface area contributed by atoms with Crippen LogP contribution in [0.2, 0.25) is 0 Å². The fraction of sp³-hybridized carbons (Fsp3) is 1.00. The van der Waals surface area contributed by atoms with Gasteiger partial charge in [-0.3, -0.25) is 8.53 Å². The molecule has 0 heterocycles. The van der Waals surface area contributed by atoms with Crippen LogP contribution in [0, 0.1) is 0 Å². The first kappa shape index (κ1) is 21.5. The van der Waals surface area contributed by atoms with Crippen molar-refractivity contribution in [2.75, 3.05) is 77.1 Å². The molecule has 21 heavy (non-hydrogen) atoms. The molecule has 0 rings (SSSR count). The summed E-state index contributed by atoms with van der Waals surface area (Å²) >= 11 is 0. The van der Waals surface area contributed by atoms with Crippen molar-refractivity contribution in [3.63, 3.8) is 0 Å². The molecule has 0 saturated heterocycles. The zero-order valence-electron chi connectivity index (χ0n) is 14.9. The second-order valence-corrected chi connectivity index (χ2v) is 13.2. The lowest BCUT2D eigenvalue weighted by molar-refractivity contribution is 0.380. The van der Waals surface area contributed by atoms with Gasteiger partial charge in [-0.1, -0.05) is 0 Å². The van der Waals surface area contributed by atoms with Crippen LogP contribution < -0.4 is 16.4 Å². The summed E-state index contributed by atoms with van der Waals surface area (Å²) < 4.78 is 6.50. The van der Waals surface area contributed by atoms with Gasteiger partial charge in [0, 0.05) is 5.88 Å². The fourth-order valence-electron chi connectivity index (χ4n) is 2.21. The summed E-state index contributed by atoms with van der Waals surface area (Å²) in [6, 6.07) is 0. The minimum Gasteiger partial charge on any atom is -0.330 e. The molecule has 0 unspecified atom stereocenters. The van der Waals surface area contributed by atoms with Crippen LogP contribution in [0.25, 0.3) is 0 Å². The normalized spacial score (nSPS) is 14.7. The third kappa shape index (κ3) is 12.7. The Labute approximate surface area is 135 Å². The Balaban J connectivity index is 4.08. The van der Waals surface area contributed by atoms with Crippen LogP contribution in [-0.2, 0) is 3.63 Å². The Morgan fingerprint density at radius 3 is 2.29 bits per heavy atom. The predicted octanol–water partition coefficient (Wildman–Crippen LogP) is 1.36. The van der Waals surface area contributed by atoms with Gasteiger partial charge >= 0.3 is 0 Å². The molecule has 0 saturated carbocycles. The van der Waals surface area contributed by atoms with Gasteiger partial charge < -0.3 is 16.4 Å². The van der Waals surface area contributed by atoms with E-state index < -0.39 is 20.6 Å². The first-order chi connectivity index (χ1) is 9.72. The quantitative estimate of drug-likeness (QED) is 0.441. The van der Waals surface area contributed by atoms with Crippen LogP contribution in [0.1, 0.15) is 12.8 Å². The molecule has 0 atom stereocenters. The van der Waals surface area contributed by atoms with E-state index in [0.29, 0.717) is 0 Å². The van der Waals surface area contributed by atoms with Gasteiger partial charge in [-0.15, -0.1) is 20.6 Å². The molecule has 5 nitrogen and oxygen atoms in total. The number of nitrogens with one attached hydrogen (secondary N) is 2. The summed E-state index contributed by atoms with van der Waals surface area (Å²) in [7, 11) is 2.07. The van der Waals surface area contributed by atoms with Crippen LogP contribution in [0.3, 0.4) is 0 Å². The predicted molar refractivity (Wildman–Crippen MR) is 103 cm³/mol. The van der Waals surface area contributed by atoms with Gasteiger partial charge in [0.1, 0.15) is 0 Å². The lowest BCUT2D eigenvalue weighted by atomic mass is 10.4. The highest BCUT2D eigenvalue weighted by Gasteiger charge is 2.23. The summed E-state index contributed by atoms with van der Waals surface area (Å²) in [6.07, 6.45) is 11.3. The average Bonchev–Trinajstić information content (AvgIpc) is 2.34. The van der Waals surface area contributed by atoms with Crippen LogP contribution >= 0.6 is 20.6 Å². The minimum absolute atomic E-state index is 0.758. The van der Waals surface area contributed by atoms with Crippen LogP contribution in [-0.4, -0.2) is 82.0 Å². The molecular formula is C14H38N4OS2. The standard InChI is InChI=1S/C14H38N4OS2/c1-16-10-8-11-17-13-20(3,4)19-21(5,6)14-18(2)12-7-9-15/h16-17H,7-15H2,1-6H3. The molecule has 4 N–H and O–H groups in total. The number of rotatable bonds is 13. The van der Waals surface area contributed by atoms with Crippen molar-refractivity contribution >= 4 is 20.6 Å². The molecule has 0 radical (unpaired) electrons. The zero-order valence-corrected chi connectivity index (χ0v) is 16.5. The highest BCUT2D eigenvalue weighted by molar-refractivity contribution is 8.40. The molecule has 0 aliphatic heterocycles. The van der Waals surface area contributed by atoms with E-state index in [-0.39, 0.29) is 0 Å². The highest BCUT2D eigenvalue weighted by atomic mass is 32.3. The third-order valence-electron chi connectivity index (χ3n) is 2.87. The topological polar surface area (TPSA) is 62.5 Å². The van der Waals surface area contributed by atoms with Gasteiger partial charge in [0.05, 0.1) is 5.88 Å². The van der Waals surface area contributed by atoms with E-state index in [1.165, 1.54) is 0 Å². The van der Waals surface area contributed by atoms with Crippen molar-refractivity contribution in [2.45, 2.75) is 12.8 Å². The van der Waals surface area contributed by atoms with Crippen molar-refractivity contribution in [3.8, 4) is 0 Å². The maximum atomic E-state index is 6.50. The maximum absolute atomic E-state index is 6.50. The monoisotopic (exact) mass is 342 g/mol. The van der Waals surface area contributed by atoms with Gasteiger partial charge in [-0.25, -0.2) is 0 Å². The van der Waals surface area contributed by atoms with Gasteiger partial charge in [-0.05, 0) is 78.1 Å². The lowest BCUT2D eigenvalue weighted by Crippen LogP contribution is -2.29. The van der Waals surface area contributed by atoms with E-state index in [1.54, 1.807) is 0 Å². The van der Waals surface area contributed by atoms with E-state index in [4.69, 9.17) is 9.36 Å².